The van der Waals surface area contributed by atoms with Crippen molar-refractivity contribution in [1.29, 1.82) is 0 Å². The Labute approximate surface area is 305 Å². The average Bonchev–Trinajstić information content (AvgIpc) is 3.39. The van der Waals surface area contributed by atoms with Gasteiger partial charge < -0.3 is 24.8 Å². The standard InChI is InChI=1S/C41H50N6O5/c1-28(52-22-30-13-8-5-9-14-30)34(38(51)45-23-40(24-45)15-10-16-40)43-35(48)33-21-44(25-41(33)26-46(27-41)37(50)32-17-39(32,2)3)36(49)31-18-42-47(20-31)19-29-11-6-4-7-12-29/h4-9,11-14,18,20,28,32-34H,10,15-17,19,21-27H2,1-3H3,(H,43,48)/t28-,32-,33?,34+/m1/s1. The second-order valence-electron chi connectivity index (χ2n) is 17.0. The van der Waals surface area contributed by atoms with Gasteiger partial charge >= 0.3 is 0 Å². The van der Waals surface area contributed by atoms with Gasteiger partial charge in [0.15, 0.2) is 0 Å². The molecule has 11 nitrogen and oxygen atoms in total. The number of benzene rings is 2. The minimum atomic E-state index is -0.878. The molecule has 1 aromatic heterocycles. The molecule has 8 rings (SSSR count). The number of rotatable bonds is 11. The number of nitrogens with zero attached hydrogens (tertiary/aromatic N) is 5. The van der Waals surface area contributed by atoms with Crippen LogP contribution in [0.15, 0.2) is 73.1 Å². The molecule has 2 aromatic carbocycles. The highest BCUT2D eigenvalue weighted by molar-refractivity contribution is 5.96. The molecule has 5 fully saturated rings. The summed E-state index contributed by atoms with van der Waals surface area (Å²) < 4.78 is 8.00. The van der Waals surface area contributed by atoms with Crippen LogP contribution >= 0.6 is 0 Å². The summed E-state index contributed by atoms with van der Waals surface area (Å²) in [6, 6.07) is 18.9. The molecule has 3 saturated heterocycles. The van der Waals surface area contributed by atoms with E-state index in [2.05, 4.69) is 24.3 Å². The van der Waals surface area contributed by atoms with E-state index >= 15 is 0 Å². The van der Waals surface area contributed by atoms with E-state index in [1.165, 1.54) is 6.42 Å². The van der Waals surface area contributed by atoms with Crippen molar-refractivity contribution in [3.8, 4) is 0 Å². The number of hydrogen-bond donors (Lipinski definition) is 1. The van der Waals surface area contributed by atoms with Crippen molar-refractivity contribution in [2.75, 3.05) is 39.3 Å². The van der Waals surface area contributed by atoms with Gasteiger partial charge in [0.2, 0.25) is 17.7 Å². The second-order valence-corrected chi connectivity index (χ2v) is 17.0. The van der Waals surface area contributed by atoms with Crippen molar-refractivity contribution in [2.24, 2.45) is 28.1 Å². The predicted molar refractivity (Wildman–Crippen MR) is 194 cm³/mol. The molecule has 0 bridgehead atoms. The van der Waals surface area contributed by atoms with Crippen LogP contribution in [-0.2, 0) is 32.3 Å². The fourth-order valence-electron chi connectivity index (χ4n) is 8.94. The van der Waals surface area contributed by atoms with Crippen molar-refractivity contribution in [3.05, 3.63) is 89.7 Å². The summed E-state index contributed by atoms with van der Waals surface area (Å²) in [7, 11) is 0. The summed E-state index contributed by atoms with van der Waals surface area (Å²) in [5.74, 6) is -1.08. The Bertz CT molecular complexity index is 1820. The number of amides is 4. The molecule has 3 aromatic rings. The molecule has 11 heteroatoms. The number of likely N-dealkylation sites (tertiary alicyclic amines) is 3. The Morgan fingerprint density at radius 1 is 0.865 bits per heavy atom. The smallest absolute Gasteiger partial charge is 0.257 e. The van der Waals surface area contributed by atoms with Gasteiger partial charge in [-0.25, -0.2) is 0 Å². The molecule has 3 aliphatic heterocycles. The van der Waals surface area contributed by atoms with Crippen LogP contribution in [0.25, 0.3) is 0 Å². The molecule has 2 spiro atoms. The number of ether oxygens (including phenoxy) is 1. The maximum atomic E-state index is 14.5. The largest absolute Gasteiger partial charge is 0.371 e. The van der Waals surface area contributed by atoms with Gasteiger partial charge in [-0.15, -0.1) is 0 Å². The highest BCUT2D eigenvalue weighted by Crippen LogP contribution is 2.55. The minimum absolute atomic E-state index is 0.00735. The lowest BCUT2D eigenvalue weighted by Gasteiger charge is -2.56. The fraction of sp³-hybridized carbons (Fsp3) is 0.537. The zero-order chi connectivity index (χ0) is 36.3. The summed E-state index contributed by atoms with van der Waals surface area (Å²) >= 11 is 0. The molecule has 2 aliphatic carbocycles. The summed E-state index contributed by atoms with van der Waals surface area (Å²) in [5, 5.41) is 7.59. The van der Waals surface area contributed by atoms with Crippen molar-refractivity contribution in [2.45, 2.75) is 71.8 Å². The molecular weight excluding hydrogens is 656 g/mol. The number of hydrogen-bond acceptors (Lipinski definition) is 6. The number of nitrogens with one attached hydrogen (secondary N) is 1. The van der Waals surface area contributed by atoms with Crippen molar-refractivity contribution >= 4 is 23.6 Å². The number of carbonyl (C=O) groups excluding carboxylic acids is 4. The molecule has 52 heavy (non-hydrogen) atoms. The van der Waals surface area contributed by atoms with Crippen LogP contribution in [0.3, 0.4) is 0 Å². The first kappa shape index (κ1) is 34.6. The first-order valence-corrected chi connectivity index (χ1v) is 18.8. The van der Waals surface area contributed by atoms with E-state index in [1.807, 2.05) is 77.4 Å². The Kier molecular flexibility index (Phi) is 8.75. The monoisotopic (exact) mass is 706 g/mol. The highest BCUT2D eigenvalue weighted by Gasteiger charge is 2.62. The van der Waals surface area contributed by atoms with Crippen LogP contribution in [0.4, 0.5) is 0 Å². The lowest BCUT2D eigenvalue weighted by Crippen LogP contribution is -2.68. The van der Waals surface area contributed by atoms with E-state index in [-0.39, 0.29) is 46.9 Å². The van der Waals surface area contributed by atoms with E-state index in [0.29, 0.717) is 51.4 Å². The number of aromatic nitrogens is 2. The summed E-state index contributed by atoms with van der Waals surface area (Å²) in [4.78, 5) is 61.5. The van der Waals surface area contributed by atoms with E-state index in [0.717, 1.165) is 30.4 Å². The van der Waals surface area contributed by atoms with Crippen molar-refractivity contribution in [3.63, 3.8) is 0 Å². The lowest BCUT2D eigenvalue weighted by molar-refractivity contribution is -0.159. The summed E-state index contributed by atoms with van der Waals surface area (Å²) in [6.07, 6.45) is 7.09. The lowest BCUT2D eigenvalue weighted by atomic mass is 9.63. The Balaban J connectivity index is 1.00. The third-order valence-electron chi connectivity index (χ3n) is 12.6. The minimum Gasteiger partial charge on any atom is -0.371 e. The predicted octanol–water partition coefficient (Wildman–Crippen LogP) is 3.98. The van der Waals surface area contributed by atoms with Crippen LogP contribution in [0.1, 0.15) is 67.9 Å². The van der Waals surface area contributed by atoms with Crippen LogP contribution in [0, 0.1) is 28.1 Å². The fourth-order valence-corrected chi connectivity index (χ4v) is 8.94. The van der Waals surface area contributed by atoms with Gasteiger partial charge in [-0.1, -0.05) is 80.9 Å². The SMILES string of the molecule is C[C@@H](OCc1ccccc1)[C@H](NC(=O)C1CN(C(=O)c2cnn(Cc3ccccc3)c2)CC12CN(C(=O)[C@H]1CC1(C)C)C2)C(=O)N1CC2(CCC2)C1. The van der Waals surface area contributed by atoms with Gasteiger partial charge in [-0.3, -0.25) is 23.9 Å². The molecule has 1 unspecified atom stereocenters. The summed E-state index contributed by atoms with van der Waals surface area (Å²) in [5.41, 5.74) is 2.14. The van der Waals surface area contributed by atoms with E-state index in [1.54, 1.807) is 22.0 Å². The molecule has 274 valence electrons. The molecule has 1 N–H and O–H groups in total. The van der Waals surface area contributed by atoms with Gasteiger partial charge in [0, 0.05) is 62.2 Å². The van der Waals surface area contributed by atoms with Crippen molar-refractivity contribution in [1.82, 2.24) is 29.8 Å². The quantitative estimate of drug-likeness (QED) is 0.323. The topological polar surface area (TPSA) is 117 Å². The third-order valence-corrected chi connectivity index (χ3v) is 12.6. The maximum Gasteiger partial charge on any atom is 0.257 e. The Morgan fingerprint density at radius 2 is 1.50 bits per heavy atom. The van der Waals surface area contributed by atoms with Gasteiger partial charge in [-0.05, 0) is 42.7 Å². The van der Waals surface area contributed by atoms with Crippen LogP contribution < -0.4 is 5.32 Å². The molecule has 4 atom stereocenters. The molecule has 4 amide bonds. The molecule has 4 heterocycles. The molecular formula is C41H50N6O5. The van der Waals surface area contributed by atoms with Crippen LogP contribution in [0.2, 0.25) is 0 Å². The van der Waals surface area contributed by atoms with Crippen LogP contribution in [0.5, 0.6) is 0 Å². The average molecular weight is 707 g/mol. The third kappa shape index (κ3) is 6.52. The van der Waals surface area contributed by atoms with E-state index < -0.39 is 23.5 Å². The summed E-state index contributed by atoms with van der Waals surface area (Å²) in [6.45, 7) is 9.69. The first-order valence-electron chi connectivity index (χ1n) is 18.8. The van der Waals surface area contributed by atoms with Crippen LogP contribution in [-0.4, -0.2) is 99.5 Å². The normalized spacial score (nSPS) is 24.4. The zero-order valence-electron chi connectivity index (χ0n) is 30.5. The maximum absolute atomic E-state index is 14.5. The van der Waals surface area contributed by atoms with Gasteiger partial charge in [-0.2, -0.15) is 5.10 Å². The van der Waals surface area contributed by atoms with E-state index in [9.17, 15) is 19.2 Å². The van der Waals surface area contributed by atoms with Crippen molar-refractivity contribution < 1.29 is 23.9 Å². The zero-order valence-corrected chi connectivity index (χ0v) is 30.5. The van der Waals surface area contributed by atoms with Gasteiger partial charge in [0.05, 0.1) is 36.9 Å². The first-order chi connectivity index (χ1) is 24.9. The van der Waals surface area contributed by atoms with E-state index in [4.69, 9.17) is 4.74 Å². The Hall–Kier alpha value is -4.51. The molecule has 2 saturated carbocycles. The van der Waals surface area contributed by atoms with Gasteiger partial charge in [0.1, 0.15) is 6.04 Å². The number of carbonyl (C=O) groups is 4. The second kappa shape index (κ2) is 13.2. The van der Waals surface area contributed by atoms with Gasteiger partial charge in [0.25, 0.3) is 5.91 Å². The Morgan fingerprint density at radius 3 is 2.12 bits per heavy atom. The molecule has 5 aliphatic rings. The molecule has 0 radical (unpaired) electrons. The highest BCUT2D eigenvalue weighted by atomic mass is 16.5.